The Morgan fingerprint density at radius 3 is 2.67 bits per heavy atom. The monoisotopic (exact) mass is 261 g/mol. The SMILES string of the molecule is O=c1[nH]c(=O)c2cc(C3CCCCC3)ccc2s1. The van der Waals surface area contributed by atoms with Crippen LogP contribution >= 0.6 is 11.3 Å². The van der Waals surface area contributed by atoms with Crippen LogP contribution in [0.3, 0.4) is 0 Å². The van der Waals surface area contributed by atoms with Crippen LogP contribution in [0, 0.1) is 0 Å². The van der Waals surface area contributed by atoms with Crippen LogP contribution in [0.4, 0.5) is 0 Å². The molecule has 0 amide bonds. The molecule has 1 aliphatic carbocycles. The van der Waals surface area contributed by atoms with Gasteiger partial charge in [0.2, 0.25) is 0 Å². The Balaban J connectivity index is 2.10. The summed E-state index contributed by atoms with van der Waals surface area (Å²) in [6.07, 6.45) is 6.31. The molecule has 0 radical (unpaired) electrons. The van der Waals surface area contributed by atoms with Crippen LogP contribution in [0.2, 0.25) is 0 Å². The van der Waals surface area contributed by atoms with Gasteiger partial charge in [-0.3, -0.25) is 14.6 Å². The Morgan fingerprint density at radius 1 is 1.11 bits per heavy atom. The molecule has 4 heteroatoms. The molecule has 1 aliphatic rings. The maximum Gasteiger partial charge on any atom is 0.307 e. The molecule has 2 aromatic rings. The molecular weight excluding hydrogens is 246 g/mol. The number of hydrogen-bond donors (Lipinski definition) is 1. The summed E-state index contributed by atoms with van der Waals surface area (Å²) in [5.74, 6) is 0.583. The minimum absolute atomic E-state index is 0.258. The molecule has 1 aromatic carbocycles. The molecule has 0 saturated heterocycles. The summed E-state index contributed by atoms with van der Waals surface area (Å²) >= 11 is 1.10. The number of fused-ring (bicyclic) bond motifs is 1. The van der Waals surface area contributed by atoms with Gasteiger partial charge in [-0.15, -0.1) is 0 Å². The molecule has 1 aromatic heterocycles. The lowest BCUT2D eigenvalue weighted by molar-refractivity contribution is 0.444. The first kappa shape index (κ1) is 11.7. The van der Waals surface area contributed by atoms with Gasteiger partial charge in [-0.25, -0.2) is 0 Å². The van der Waals surface area contributed by atoms with Crippen molar-refractivity contribution in [3.63, 3.8) is 0 Å². The summed E-state index contributed by atoms with van der Waals surface area (Å²) < 4.78 is 0.781. The summed E-state index contributed by atoms with van der Waals surface area (Å²) in [5.41, 5.74) is 0.991. The molecule has 18 heavy (non-hydrogen) atoms. The molecule has 1 fully saturated rings. The smallest absolute Gasteiger partial charge is 0.280 e. The maximum absolute atomic E-state index is 11.8. The van der Waals surface area contributed by atoms with E-state index in [1.807, 2.05) is 12.1 Å². The molecule has 3 nitrogen and oxygen atoms in total. The normalized spacial score (nSPS) is 17.1. The van der Waals surface area contributed by atoms with Crippen molar-refractivity contribution >= 4 is 21.4 Å². The third kappa shape index (κ3) is 2.12. The van der Waals surface area contributed by atoms with Crippen molar-refractivity contribution in [2.75, 3.05) is 0 Å². The van der Waals surface area contributed by atoms with E-state index >= 15 is 0 Å². The van der Waals surface area contributed by atoms with Crippen molar-refractivity contribution in [3.8, 4) is 0 Å². The van der Waals surface area contributed by atoms with Gasteiger partial charge in [-0.05, 0) is 36.5 Å². The Bertz CT molecular complexity index is 680. The Morgan fingerprint density at radius 2 is 1.89 bits per heavy atom. The summed E-state index contributed by atoms with van der Waals surface area (Å²) in [6, 6.07) is 5.97. The summed E-state index contributed by atoms with van der Waals surface area (Å²) in [5, 5.41) is 0.655. The molecular formula is C14H15NO2S. The minimum Gasteiger partial charge on any atom is -0.280 e. The van der Waals surface area contributed by atoms with Crippen molar-refractivity contribution in [2.45, 2.75) is 38.0 Å². The quantitative estimate of drug-likeness (QED) is 0.858. The predicted molar refractivity (Wildman–Crippen MR) is 74.5 cm³/mol. The van der Waals surface area contributed by atoms with Crippen molar-refractivity contribution in [3.05, 3.63) is 43.8 Å². The average Bonchev–Trinajstić information content (AvgIpc) is 2.39. The molecule has 0 bridgehead atoms. The van der Waals surface area contributed by atoms with Gasteiger partial charge >= 0.3 is 4.87 Å². The van der Waals surface area contributed by atoms with E-state index in [9.17, 15) is 9.59 Å². The third-order valence-electron chi connectivity index (χ3n) is 3.74. The van der Waals surface area contributed by atoms with Gasteiger partial charge in [0.25, 0.3) is 5.56 Å². The molecule has 0 aliphatic heterocycles. The highest BCUT2D eigenvalue weighted by Crippen LogP contribution is 2.33. The van der Waals surface area contributed by atoms with Crippen LogP contribution in [0.15, 0.2) is 27.8 Å². The van der Waals surface area contributed by atoms with Crippen LogP contribution in [-0.4, -0.2) is 4.98 Å². The Labute approximate surface area is 108 Å². The van der Waals surface area contributed by atoms with E-state index in [-0.39, 0.29) is 10.4 Å². The van der Waals surface area contributed by atoms with Gasteiger partial charge in [-0.2, -0.15) is 0 Å². The lowest BCUT2D eigenvalue weighted by Crippen LogP contribution is -2.16. The summed E-state index contributed by atoms with van der Waals surface area (Å²) in [4.78, 5) is 25.1. The van der Waals surface area contributed by atoms with Crippen LogP contribution in [0.25, 0.3) is 10.1 Å². The molecule has 0 atom stereocenters. The second-order valence-electron chi connectivity index (χ2n) is 4.93. The van der Waals surface area contributed by atoms with Gasteiger partial charge < -0.3 is 0 Å². The fourth-order valence-electron chi connectivity index (χ4n) is 2.79. The van der Waals surface area contributed by atoms with Gasteiger partial charge in [-0.1, -0.05) is 36.7 Å². The summed E-state index contributed by atoms with van der Waals surface area (Å²) in [6.45, 7) is 0. The van der Waals surface area contributed by atoms with E-state index in [1.165, 1.54) is 37.7 Å². The van der Waals surface area contributed by atoms with Crippen LogP contribution in [0.5, 0.6) is 0 Å². The molecule has 1 N–H and O–H groups in total. The molecule has 1 saturated carbocycles. The van der Waals surface area contributed by atoms with Crippen molar-refractivity contribution < 1.29 is 0 Å². The first-order valence-electron chi connectivity index (χ1n) is 6.41. The van der Waals surface area contributed by atoms with Gasteiger partial charge in [0.1, 0.15) is 0 Å². The first-order valence-corrected chi connectivity index (χ1v) is 7.23. The van der Waals surface area contributed by atoms with E-state index in [0.29, 0.717) is 11.3 Å². The molecule has 0 unspecified atom stereocenters. The number of aromatic nitrogens is 1. The van der Waals surface area contributed by atoms with E-state index in [0.717, 1.165) is 16.0 Å². The van der Waals surface area contributed by atoms with Crippen LogP contribution in [0.1, 0.15) is 43.6 Å². The standard InChI is InChI=1S/C14H15NO2S/c16-13-11-8-10(9-4-2-1-3-5-9)6-7-12(11)18-14(17)15-13/h6-9H,1-5H2,(H,15,16,17). The fourth-order valence-corrected chi connectivity index (χ4v) is 3.53. The van der Waals surface area contributed by atoms with Gasteiger partial charge in [0, 0.05) is 4.70 Å². The number of nitrogens with one attached hydrogen (secondary N) is 1. The van der Waals surface area contributed by atoms with Crippen LogP contribution in [-0.2, 0) is 0 Å². The maximum atomic E-state index is 11.8. The van der Waals surface area contributed by atoms with E-state index in [4.69, 9.17) is 0 Å². The second-order valence-corrected chi connectivity index (χ2v) is 5.95. The summed E-state index contributed by atoms with van der Waals surface area (Å²) in [7, 11) is 0. The second kappa shape index (κ2) is 4.69. The largest absolute Gasteiger partial charge is 0.307 e. The molecule has 0 spiro atoms. The van der Waals surface area contributed by atoms with E-state index in [2.05, 4.69) is 11.1 Å². The lowest BCUT2D eigenvalue weighted by Gasteiger charge is -2.22. The third-order valence-corrected chi connectivity index (χ3v) is 4.61. The van der Waals surface area contributed by atoms with Crippen molar-refractivity contribution in [2.24, 2.45) is 0 Å². The highest BCUT2D eigenvalue weighted by Gasteiger charge is 2.16. The number of benzene rings is 1. The van der Waals surface area contributed by atoms with E-state index in [1.54, 1.807) is 0 Å². The predicted octanol–water partition coefficient (Wildman–Crippen LogP) is 3.00. The number of hydrogen-bond acceptors (Lipinski definition) is 3. The first-order chi connectivity index (χ1) is 8.74. The topological polar surface area (TPSA) is 49.9 Å². The average molecular weight is 261 g/mol. The van der Waals surface area contributed by atoms with Crippen molar-refractivity contribution in [1.29, 1.82) is 0 Å². The Kier molecular flexibility index (Phi) is 3.04. The zero-order valence-electron chi connectivity index (χ0n) is 10.1. The van der Waals surface area contributed by atoms with Gasteiger partial charge in [0.05, 0.1) is 5.39 Å². The lowest BCUT2D eigenvalue weighted by atomic mass is 9.84. The number of aromatic amines is 1. The minimum atomic E-state index is -0.280. The molecule has 1 heterocycles. The molecule has 3 rings (SSSR count). The number of rotatable bonds is 1. The Hall–Kier alpha value is -1.42. The highest BCUT2D eigenvalue weighted by atomic mass is 32.1. The fraction of sp³-hybridized carbons (Fsp3) is 0.429. The van der Waals surface area contributed by atoms with Crippen LogP contribution < -0.4 is 10.4 Å². The van der Waals surface area contributed by atoms with Gasteiger partial charge in [0.15, 0.2) is 0 Å². The van der Waals surface area contributed by atoms with Crippen molar-refractivity contribution in [1.82, 2.24) is 4.98 Å². The zero-order chi connectivity index (χ0) is 12.5. The van der Waals surface area contributed by atoms with E-state index < -0.39 is 0 Å². The molecule has 94 valence electrons. The number of H-pyrrole nitrogens is 1. The highest BCUT2D eigenvalue weighted by molar-refractivity contribution is 7.15. The zero-order valence-corrected chi connectivity index (χ0v) is 10.9.